The van der Waals surface area contributed by atoms with Gasteiger partial charge in [-0.25, -0.2) is 4.98 Å². The lowest BCUT2D eigenvalue weighted by Gasteiger charge is -2.14. The molecule has 8 heteroatoms. The summed E-state index contributed by atoms with van der Waals surface area (Å²) in [5, 5.41) is 20.6. The van der Waals surface area contributed by atoms with E-state index in [2.05, 4.69) is 29.4 Å². The Morgan fingerprint density at radius 2 is 2.04 bits per heavy atom. The van der Waals surface area contributed by atoms with Crippen LogP contribution in [-0.4, -0.2) is 41.4 Å². The second-order valence-corrected chi connectivity index (χ2v) is 5.76. The molecular weight excluding hydrogens is 335 g/mol. The van der Waals surface area contributed by atoms with E-state index < -0.39 is 7.32 Å². The Bertz CT molecular complexity index is 712. The van der Waals surface area contributed by atoms with Crippen LogP contribution in [0.2, 0.25) is 0 Å². The normalized spacial score (nSPS) is 11.5. The fraction of sp³-hybridized carbons (Fsp3) is 0.333. The number of hydrogen-bond donors (Lipinski definition) is 3. The molecule has 1 aromatic carbocycles. The van der Waals surface area contributed by atoms with Gasteiger partial charge in [-0.1, -0.05) is 37.3 Å². The number of nitrogens with one attached hydrogen (secondary N) is 1. The summed E-state index contributed by atoms with van der Waals surface area (Å²) >= 11 is 0. The van der Waals surface area contributed by atoms with Crippen molar-refractivity contribution in [1.29, 1.82) is 0 Å². The molecule has 1 heterocycles. The summed E-state index contributed by atoms with van der Waals surface area (Å²) in [4.78, 5) is 16.5. The molecule has 0 fully saturated rings. The Morgan fingerprint density at radius 3 is 2.69 bits per heavy atom. The average Bonchev–Trinajstić information content (AvgIpc) is 2.63. The van der Waals surface area contributed by atoms with E-state index in [1.165, 1.54) is 17.8 Å². The molecule has 0 aliphatic rings. The minimum absolute atomic E-state index is 0.0613. The van der Waals surface area contributed by atoms with Crippen LogP contribution in [0.15, 0.2) is 42.6 Å². The summed E-state index contributed by atoms with van der Waals surface area (Å²) in [6.45, 7) is 4.72. The van der Waals surface area contributed by atoms with Gasteiger partial charge in [-0.2, -0.15) is 0 Å². The first kappa shape index (κ1) is 19.7. The van der Waals surface area contributed by atoms with Crippen LogP contribution in [0.4, 0.5) is 0 Å². The van der Waals surface area contributed by atoms with E-state index in [4.69, 9.17) is 19.4 Å². The molecule has 1 aromatic heterocycles. The highest BCUT2D eigenvalue weighted by atomic mass is 16.6. The number of ether oxygens (including phenoxy) is 1. The number of amides is 1. The highest BCUT2D eigenvalue weighted by molar-refractivity contribution is 6.33. The first-order chi connectivity index (χ1) is 12.5. The van der Waals surface area contributed by atoms with Crippen LogP contribution in [0.5, 0.6) is 11.6 Å². The lowest BCUT2D eigenvalue weighted by Crippen LogP contribution is -2.27. The Balaban J connectivity index is 2.00. The smallest absolute Gasteiger partial charge is 0.511 e. The number of carbonyl (C=O) groups excluding carboxylic acids is 1. The molecule has 1 amide bonds. The number of rotatable bonds is 9. The van der Waals surface area contributed by atoms with Crippen molar-refractivity contribution in [2.45, 2.75) is 26.2 Å². The van der Waals surface area contributed by atoms with Gasteiger partial charge in [0.2, 0.25) is 5.88 Å². The van der Waals surface area contributed by atoms with Gasteiger partial charge in [0.05, 0.1) is 12.8 Å². The summed E-state index contributed by atoms with van der Waals surface area (Å²) in [6.07, 6.45) is 2.04. The molecule has 0 aliphatic heterocycles. The van der Waals surface area contributed by atoms with E-state index in [9.17, 15) is 4.79 Å². The quantitative estimate of drug-likeness (QED) is 0.591. The van der Waals surface area contributed by atoms with Crippen molar-refractivity contribution < 1.29 is 24.2 Å². The topological polar surface area (TPSA) is 101 Å². The van der Waals surface area contributed by atoms with Crippen LogP contribution in [0.3, 0.4) is 0 Å². The first-order valence-corrected chi connectivity index (χ1v) is 8.50. The highest BCUT2D eigenvalue weighted by Gasteiger charge is 2.18. The van der Waals surface area contributed by atoms with Crippen molar-refractivity contribution in [2.24, 2.45) is 0 Å². The molecule has 0 saturated heterocycles. The third-order valence-electron chi connectivity index (χ3n) is 3.82. The summed E-state index contributed by atoms with van der Waals surface area (Å²) < 4.78 is 10.1. The average molecular weight is 358 g/mol. The third kappa shape index (κ3) is 5.75. The van der Waals surface area contributed by atoms with Gasteiger partial charge in [0, 0.05) is 6.54 Å². The lowest BCUT2D eigenvalue weighted by molar-refractivity contribution is 0.0947. The molecule has 2 aromatic rings. The molecule has 3 N–H and O–H groups in total. The zero-order valence-corrected chi connectivity index (χ0v) is 14.9. The summed E-state index contributed by atoms with van der Waals surface area (Å²) in [5.74, 6) is 0.173. The van der Waals surface area contributed by atoms with Crippen molar-refractivity contribution in [2.75, 3.05) is 13.2 Å². The van der Waals surface area contributed by atoms with Gasteiger partial charge >= 0.3 is 7.32 Å². The van der Waals surface area contributed by atoms with Gasteiger partial charge in [0.15, 0.2) is 0 Å². The molecule has 26 heavy (non-hydrogen) atoms. The molecule has 0 bridgehead atoms. The maximum absolute atomic E-state index is 12.5. The molecule has 138 valence electrons. The number of nitrogens with zero attached hydrogens (tertiary/aromatic N) is 1. The standard InChI is InChI=1S/C18H23BN2O5/c1-3-25-18-16(11-15(12-21-18)26-19(23)24)17(22)20-10-9-13(2)14-7-5-4-6-8-14/h4-8,11-13,23-24H,3,9-10H2,1-2H3,(H,20,22). The fourth-order valence-corrected chi connectivity index (χ4v) is 2.48. The Morgan fingerprint density at radius 1 is 1.31 bits per heavy atom. The van der Waals surface area contributed by atoms with Gasteiger partial charge in [0.1, 0.15) is 11.3 Å². The second-order valence-electron chi connectivity index (χ2n) is 5.76. The summed E-state index contributed by atoms with van der Waals surface area (Å²) in [5.41, 5.74) is 1.39. The van der Waals surface area contributed by atoms with Gasteiger partial charge in [0.25, 0.3) is 5.91 Å². The third-order valence-corrected chi connectivity index (χ3v) is 3.82. The van der Waals surface area contributed by atoms with Gasteiger partial charge in [-0.15, -0.1) is 0 Å². The van der Waals surface area contributed by atoms with Crippen LogP contribution >= 0.6 is 0 Å². The van der Waals surface area contributed by atoms with E-state index in [1.807, 2.05) is 18.2 Å². The molecule has 1 unspecified atom stereocenters. The van der Waals surface area contributed by atoms with E-state index >= 15 is 0 Å². The summed E-state index contributed by atoms with van der Waals surface area (Å²) in [7, 11) is -1.99. The summed E-state index contributed by atoms with van der Waals surface area (Å²) in [6, 6.07) is 11.4. The maximum atomic E-state index is 12.5. The molecule has 0 saturated carbocycles. The van der Waals surface area contributed by atoms with E-state index in [0.717, 1.165) is 6.42 Å². The maximum Gasteiger partial charge on any atom is 0.707 e. The van der Waals surface area contributed by atoms with Gasteiger partial charge < -0.3 is 24.8 Å². The van der Waals surface area contributed by atoms with Crippen molar-refractivity contribution in [3.8, 4) is 11.6 Å². The van der Waals surface area contributed by atoms with Crippen LogP contribution in [0.25, 0.3) is 0 Å². The highest BCUT2D eigenvalue weighted by Crippen LogP contribution is 2.22. The number of pyridine rings is 1. The van der Waals surface area contributed by atoms with Crippen LogP contribution in [0.1, 0.15) is 42.1 Å². The molecule has 7 nitrogen and oxygen atoms in total. The minimum atomic E-state index is -1.99. The largest absolute Gasteiger partial charge is 0.707 e. The molecule has 0 radical (unpaired) electrons. The van der Waals surface area contributed by atoms with Crippen LogP contribution in [-0.2, 0) is 0 Å². The molecule has 1 atom stereocenters. The predicted octanol–water partition coefficient (Wildman–Crippen LogP) is 1.75. The van der Waals surface area contributed by atoms with Gasteiger partial charge in [-0.3, -0.25) is 4.79 Å². The van der Waals surface area contributed by atoms with Crippen molar-refractivity contribution in [1.82, 2.24) is 10.3 Å². The number of aromatic nitrogens is 1. The number of carbonyl (C=O) groups is 1. The molecule has 0 aliphatic carbocycles. The lowest BCUT2D eigenvalue weighted by atomic mass is 9.98. The van der Waals surface area contributed by atoms with Crippen LogP contribution in [0, 0.1) is 0 Å². The zero-order chi connectivity index (χ0) is 18.9. The van der Waals surface area contributed by atoms with Gasteiger partial charge in [-0.05, 0) is 30.9 Å². The molecular formula is C18H23BN2O5. The van der Waals surface area contributed by atoms with Crippen molar-refractivity contribution >= 4 is 13.2 Å². The Labute approximate surface area is 153 Å². The number of hydrogen-bond acceptors (Lipinski definition) is 6. The van der Waals surface area contributed by atoms with Crippen LogP contribution < -0.4 is 14.7 Å². The van der Waals surface area contributed by atoms with E-state index in [1.54, 1.807) is 6.92 Å². The Hall–Kier alpha value is -2.58. The first-order valence-electron chi connectivity index (χ1n) is 8.50. The second kappa shape index (κ2) is 9.79. The predicted molar refractivity (Wildman–Crippen MR) is 98.0 cm³/mol. The van der Waals surface area contributed by atoms with Crippen molar-refractivity contribution in [3.05, 3.63) is 53.7 Å². The van der Waals surface area contributed by atoms with E-state index in [-0.39, 0.29) is 23.1 Å². The molecule has 0 spiro atoms. The molecule has 2 rings (SSSR count). The zero-order valence-electron chi connectivity index (χ0n) is 14.9. The monoisotopic (exact) mass is 358 g/mol. The SMILES string of the molecule is CCOc1ncc(OB(O)O)cc1C(=O)NCCC(C)c1ccccc1. The van der Waals surface area contributed by atoms with E-state index in [0.29, 0.717) is 19.1 Å². The minimum Gasteiger partial charge on any atom is -0.511 e. The number of benzene rings is 1. The van der Waals surface area contributed by atoms with Crippen molar-refractivity contribution in [3.63, 3.8) is 0 Å². The Kier molecular flexibility index (Phi) is 7.44. The fourth-order valence-electron chi connectivity index (χ4n) is 2.48.